The standard InChI is InChI=1S/C19H18N4O6/c1-29-17-14(24)8-7-12(16(17)23(27)28)9-21-22-19(26)15-13(10-20-18(15)25)11-5-3-2-4-6-11/h2-9,13,15,24H,10H2,1H3,(H,20,25)(H,22,26)/b21-9+/t13-,15-/m0/s1. The first-order valence-corrected chi connectivity index (χ1v) is 8.64. The van der Waals surface area contributed by atoms with Crippen LogP contribution in [-0.2, 0) is 9.59 Å². The Bertz CT molecular complexity index is 976. The fourth-order valence-corrected chi connectivity index (χ4v) is 3.24. The second-order valence-corrected chi connectivity index (χ2v) is 6.29. The highest BCUT2D eigenvalue weighted by atomic mass is 16.6. The molecular weight excluding hydrogens is 380 g/mol. The number of methoxy groups -OCH3 is 1. The van der Waals surface area contributed by atoms with Crippen molar-refractivity contribution in [2.75, 3.05) is 13.7 Å². The van der Waals surface area contributed by atoms with Crippen LogP contribution in [0, 0.1) is 16.0 Å². The highest BCUT2D eigenvalue weighted by Gasteiger charge is 2.41. The summed E-state index contributed by atoms with van der Waals surface area (Å²) >= 11 is 0. The summed E-state index contributed by atoms with van der Waals surface area (Å²) < 4.78 is 4.87. The Labute approximate surface area is 165 Å². The van der Waals surface area contributed by atoms with Gasteiger partial charge in [-0.25, -0.2) is 5.43 Å². The number of ether oxygens (including phenoxy) is 1. The van der Waals surface area contributed by atoms with Crippen LogP contribution < -0.4 is 15.5 Å². The molecule has 0 bridgehead atoms. The molecule has 150 valence electrons. The number of aromatic hydroxyl groups is 1. The topological polar surface area (TPSA) is 143 Å². The maximum absolute atomic E-state index is 12.5. The summed E-state index contributed by atoms with van der Waals surface area (Å²) in [5.41, 5.74) is 2.63. The van der Waals surface area contributed by atoms with E-state index in [2.05, 4.69) is 15.8 Å². The number of phenolic OH excluding ortho intramolecular Hbond substituents is 1. The lowest BCUT2D eigenvalue weighted by Crippen LogP contribution is -2.34. The van der Waals surface area contributed by atoms with E-state index in [0.717, 1.165) is 11.8 Å². The van der Waals surface area contributed by atoms with Crippen LogP contribution in [0.5, 0.6) is 11.5 Å². The predicted molar refractivity (Wildman–Crippen MR) is 103 cm³/mol. The maximum atomic E-state index is 12.5. The largest absolute Gasteiger partial charge is 0.504 e. The molecule has 2 aromatic carbocycles. The van der Waals surface area contributed by atoms with Crippen LogP contribution in [0.15, 0.2) is 47.6 Å². The predicted octanol–water partition coefficient (Wildman–Crippen LogP) is 1.29. The van der Waals surface area contributed by atoms with Crippen molar-refractivity contribution in [3.63, 3.8) is 0 Å². The number of nitrogens with one attached hydrogen (secondary N) is 2. The molecule has 1 saturated heterocycles. The van der Waals surface area contributed by atoms with Crippen molar-refractivity contribution in [1.29, 1.82) is 0 Å². The van der Waals surface area contributed by atoms with E-state index in [1.165, 1.54) is 19.2 Å². The molecule has 0 aliphatic carbocycles. The molecule has 0 saturated carbocycles. The number of nitrogens with zero attached hydrogens (tertiary/aromatic N) is 2. The fourth-order valence-electron chi connectivity index (χ4n) is 3.24. The van der Waals surface area contributed by atoms with Crippen LogP contribution in [0.1, 0.15) is 17.0 Å². The Morgan fingerprint density at radius 3 is 2.72 bits per heavy atom. The van der Waals surface area contributed by atoms with Crippen molar-refractivity contribution in [3.8, 4) is 11.5 Å². The zero-order valence-electron chi connectivity index (χ0n) is 15.4. The van der Waals surface area contributed by atoms with Crippen LogP contribution in [0.4, 0.5) is 5.69 Å². The van der Waals surface area contributed by atoms with Crippen LogP contribution in [0.25, 0.3) is 0 Å². The molecule has 3 rings (SSSR count). The average Bonchev–Trinajstić information content (AvgIpc) is 3.10. The van der Waals surface area contributed by atoms with Gasteiger partial charge in [-0.3, -0.25) is 19.7 Å². The quantitative estimate of drug-likeness (QED) is 0.290. The molecule has 1 fully saturated rings. The first kappa shape index (κ1) is 19.8. The van der Waals surface area contributed by atoms with Crippen molar-refractivity contribution in [1.82, 2.24) is 10.7 Å². The number of hydrogen-bond donors (Lipinski definition) is 3. The molecule has 1 aliphatic heterocycles. The number of hydrogen-bond acceptors (Lipinski definition) is 7. The average molecular weight is 398 g/mol. The Hall–Kier alpha value is -3.95. The van der Waals surface area contributed by atoms with E-state index in [1.54, 1.807) is 0 Å². The third-order valence-electron chi connectivity index (χ3n) is 4.60. The molecule has 0 spiro atoms. The van der Waals surface area contributed by atoms with Crippen LogP contribution in [-0.4, -0.2) is 41.7 Å². The Kier molecular flexibility index (Phi) is 5.72. The Balaban J connectivity index is 1.79. The summed E-state index contributed by atoms with van der Waals surface area (Å²) in [6.45, 7) is 0.325. The lowest BCUT2D eigenvalue weighted by molar-refractivity contribution is -0.386. The third-order valence-corrected chi connectivity index (χ3v) is 4.60. The van der Waals surface area contributed by atoms with Crippen molar-refractivity contribution in [2.24, 2.45) is 11.0 Å². The highest BCUT2D eigenvalue weighted by Crippen LogP contribution is 2.38. The van der Waals surface area contributed by atoms with Gasteiger partial charge in [0, 0.05) is 12.5 Å². The summed E-state index contributed by atoms with van der Waals surface area (Å²) in [4.78, 5) is 35.3. The van der Waals surface area contributed by atoms with Crippen LogP contribution in [0.2, 0.25) is 0 Å². The lowest BCUT2D eigenvalue weighted by Gasteiger charge is -2.15. The van der Waals surface area contributed by atoms with Crippen molar-refractivity contribution in [2.45, 2.75) is 5.92 Å². The van der Waals surface area contributed by atoms with Crippen molar-refractivity contribution >= 4 is 23.7 Å². The number of nitro groups is 1. The number of hydrazone groups is 1. The number of amides is 2. The van der Waals surface area contributed by atoms with E-state index in [1.807, 2.05) is 30.3 Å². The summed E-state index contributed by atoms with van der Waals surface area (Å²) in [5.74, 6) is -3.07. The van der Waals surface area contributed by atoms with Gasteiger partial charge < -0.3 is 15.2 Å². The van der Waals surface area contributed by atoms with Crippen molar-refractivity contribution in [3.05, 3.63) is 63.7 Å². The van der Waals surface area contributed by atoms with Gasteiger partial charge in [0.05, 0.1) is 23.8 Å². The summed E-state index contributed by atoms with van der Waals surface area (Å²) in [6, 6.07) is 11.6. The van der Waals surface area contributed by atoms with Crippen molar-refractivity contribution < 1.29 is 24.4 Å². The molecule has 0 radical (unpaired) electrons. The van der Waals surface area contributed by atoms with E-state index in [0.29, 0.717) is 6.54 Å². The van der Waals surface area contributed by atoms with Gasteiger partial charge in [0.25, 0.3) is 5.91 Å². The van der Waals surface area contributed by atoms with E-state index >= 15 is 0 Å². The van der Waals surface area contributed by atoms with Crippen LogP contribution in [0.3, 0.4) is 0 Å². The SMILES string of the molecule is COc1c(O)ccc(/C=N/NC(=O)[C@@H]2C(=O)NC[C@H]2c2ccccc2)c1[N+](=O)[O-]. The zero-order valence-corrected chi connectivity index (χ0v) is 15.4. The minimum Gasteiger partial charge on any atom is -0.504 e. The highest BCUT2D eigenvalue weighted by molar-refractivity contribution is 6.03. The Morgan fingerprint density at radius 1 is 1.34 bits per heavy atom. The molecule has 2 atom stereocenters. The molecule has 0 aromatic heterocycles. The molecule has 10 heteroatoms. The minimum atomic E-state index is -0.973. The van der Waals surface area contributed by atoms with Gasteiger partial charge in [0.1, 0.15) is 5.92 Å². The number of rotatable bonds is 6. The third kappa shape index (κ3) is 4.00. The first-order valence-electron chi connectivity index (χ1n) is 8.64. The fraction of sp³-hybridized carbons (Fsp3) is 0.211. The molecule has 0 unspecified atom stereocenters. The monoisotopic (exact) mass is 398 g/mol. The van der Waals surface area contributed by atoms with E-state index < -0.39 is 34.1 Å². The molecule has 1 heterocycles. The summed E-state index contributed by atoms with van der Waals surface area (Å²) in [7, 11) is 1.19. The van der Waals surface area contributed by atoms with Gasteiger partial charge in [0.2, 0.25) is 11.7 Å². The molecule has 29 heavy (non-hydrogen) atoms. The second kappa shape index (κ2) is 8.38. The van der Waals surface area contributed by atoms with Gasteiger partial charge >= 0.3 is 5.69 Å². The van der Waals surface area contributed by atoms with E-state index in [-0.39, 0.29) is 17.2 Å². The second-order valence-electron chi connectivity index (χ2n) is 6.29. The molecule has 1 aliphatic rings. The van der Waals surface area contributed by atoms with Gasteiger partial charge in [-0.15, -0.1) is 0 Å². The lowest BCUT2D eigenvalue weighted by atomic mass is 9.88. The molecular formula is C19H18N4O6. The normalized spacial score (nSPS) is 18.4. The smallest absolute Gasteiger partial charge is 0.323 e. The Morgan fingerprint density at radius 2 is 2.07 bits per heavy atom. The number of phenols is 1. The minimum absolute atomic E-state index is 0.0143. The number of carbonyl (C=O) groups is 2. The van der Waals surface area contributed by atoms with E-state index in [9.17, 15) is 24.8 Å². The van der Waals surface area contributed by atoms with E-state index in [4.69, 9.17) is 4.74 Å². The van der Waals surface area contributed by atoms with Gasteiger partial charge in [-0.2, -0.15) is 5.10 Å². The molecule has 2 aromatic rings. The summed E-state index contributed by atoms with van der Waals surface area (Å²) in [6.07, 6.45) is 1.06. The maximum Gasteiger partial charge on any atom is 0.323 e. The van der Waals surface area contributed by atoms with Gasteiger partial charge in [-0.1, -0.05) is 30.3 Å². The summed E-state index contributed by atoms with van der Waals surface area (Å²) in [5, 5.41) is 27.4. The van der Waals surface area contributed by atoms with Crippen LogP contribution >= 0.6 is 0 Å². The number of carbonyl (C=O) groups excluding carboxylic acids is 2. The molecule has 10 nitrogen and oxygen atoms in total. The zero-order chi connectivity index (χ0) is 21.0. The van der Waals surface area contributed by atoms with Gasteiger partial charge in [0.15, 0.2) is 5.75 Å². The first-order chi connectivity index (χ1) is 13.9. The number of benzene rings is 2. The molecule has 3 N–H and O–H groups in total. The molecule has 2 amide bonds. The van der Waals surface area contributed by atoms with Gasteiger partial charge in [-0.05, 0) is 17.7 Å². The number of nitro benzene ring substituents is 1.